The summed E-state index contributed by atoms with van der Waals surface area (Å²) in [6.45, 7) is 6.07. The van der Waals surface area contributed by atoms with E-state index in [4.69, 9.17) is 5.73 Å². The van der Waals surface area contributed by atoms with Gasteiger partial charge >= 0.3 is 0 Å². The van der Waals surface area contributed by atoms with Crippen molar-refractivity contribution in [2.45, 2.75) is 20.4 Å². The van der Waals surface area contributed by atoms with E-state index in [1.807, 2.05) is 24.8 Å². The summed E-state index contributed by atoms with van der Waals surface area (Å²) in [5.41, 5.74) is 6.63. The van der Waals surface area contributed by atoms with Gasteiger partial charge in [0, 0.05) is 13.1 Å². The third kappa shape index (κ3) is 4.00. The molecule has 0 aliphatic rings. The van der Waals surface area contributed by atoms with Crippen LogP contribution in [0, 0.1) is 5.82 Å². The average Bonchev–Trinajstić information content (AvgIpc) is 2.32. The lowest BCUT2D eigenvalue weighted by Crippen LogP contribution is -2.37. The zero-order valence-corrected chi connectivity index (χ0v) is 11.7. The van der Waals surface area contributed by atoms with Crippen molar-refractivity contribution in [2.75, 3.05) is 13.1 Å². The number of aliphatic imine (C=N–C) groups is 1. The molecule has 0 fully saturated rings. The van der Waals surface area contributed by atoms with Crippen LogP contribution in [0.1, 0.15) is 19.4 Å². The van der Waals surface area contributed by atoms with Crippen LogP contribution in [0.2, 0.25) is 0 Å². The molecule has 1 rings (SSSR count). The van der Waals surface area contributed by atoms with Crippen LogP contribution < -0.4 is 5.73 Å². The molecule has 0 bridgehead atoms. The van der Waals surface area contributed by atoms with Crippen molar-refractivity contribution in [2.24, 2.45) is 10.7 Å². The van der Waals surface area contributed by atoms with E-state index in [1.54, 1.807) is 6.07 Å². The maximum Gasteiger partial charge on any atom is 0.191 e. The first-order valence-corrected chi connectivity index (χ1v) is 6.36. The van der Waals surface area contributed by atoms with Crippen LogP contribution in [-0.4, -0.2) is 23.9 Å². The van der Waals surface area contributed by atoms with E-state index >= 15 is 0 Å². The van der Waals surface area contributed by atoms with Gasteiger partial charge in [-0.3, -0.25) is 0 Å². The molecule has 1 aromatic carbocycles. The molecule has 5 heteroatoms. The quantitative estimate of drug-likeness (QED) is 0.686. The number of benzene rings is 1. The van der Waals surface area contributed by atoms with E-state index in [9.17, 15) is 4.39 Å². The third-order valence-electron chi connectivity index (χ3n) is 2.50. The van der Waals surface area contributed by atoms with Crippen LogP contribution >= 0.6 is 15.9 Å². The maximum absolute atomic E-state index is 13.3. The Balaban J connectivity index is 2.71. The minimum Gasteiger partial charge on any atom is -0.370 e. The lowest BCUT2D eigenvalue weighted by Gasteiger charge is -2.19. The fraction of sp³-hybridized carbons (Fsp3) is 0.417. The van der Waals surface area contributed by atoms with Gasteiger partial charge in [-0.15, -0.1) is 0 Å². The van der Waals surface area contributed by atoms with E-state index in [0.29, 0.717) is 17.0 Å². The molecule has 0 atom stereocenters. The highest BCUT2D eigenvalue weighted by atomic mass is 79.9. The predicted molar refractivity (Wildman–Crippen MR) is 72.3 cm³/mol. The van der Waals surface area contributed by atoms with Gasteiger partial charge in [0.2, 0.25) is 0 Å². The van der Waals surface area contributed by atoms with E-state index in [0.717, 1.165) is 18.7 Å². The average molecular weight is 302 g/mol. The van der Waals surface area contributed by atoms with Crippen molar-refractivity contribution in [1.29, 1.82) is 0 Å². The highest BCUT2D eigenvalue weighted by molar-refractivity contribution is 9.10. The number of nitrogens with zero attached hydrogens (tertiary/aromatic N) is 2. The number of halogens is 2. The number of rotatable bonds is 4. The Bertz CT molecular complexity index is 403. The van der Waals surface area contributed by atoms with Crippen molar-refractivity contribution in [3.8, 4) is 0 Å². The van der Waals surface area contributed by atoms with E-state index < -0.39 is 0 Å². The summed E-state index contributed by atoms with van der Waals surface area (Å²) in [5, 5.41) is 0. The normalized spacial score (nSPS) is 11.6. The van der Waals surface area contributed by atoms with Gasteiger partial charge in [-0.1, -0.05) is 6.07 Å². The second kappa shape index (κ2) is 6.59. The van der Waals surface area contributed by atoms with E-state index in [1.165, 1.54) is 6.07 Å². The SMILES string of the molecule is CCN(CC)C(N)=NCc1ccc(Br)c(F)c1. The summed E-state index contributed by atoms with van der Waals surface area (Å²) < 4.78 is 13.7. The highest BCUT2D eigenvalue weighted by Gasteiger charge is 2.03. The first-order valence-electron chi connectivity index (χ1n) is 5.57. The molecule has 0 aliphatic carbocycles. The third-order valence-corrected chi connectivity index (χ3v) is 3.14. The molecule has 0 heterocycles. The van der Waals surface area contributed by atoms with Gasteiger partial charge in [0.25, 0.3) is 0 Å². The van der Waals surface area contributed by atoms with Crippen molar-refractivity contribution in [3.05, 3.63) is 34.1 Å². The molecule has 0 unspecified atom stereocenters. The molecule has 0 aromatic heterocycles. The van der Waals surface area contributed by atoms with Crippen LogP contribution in [0.25, 0.3) is 0 Å². The molecule has 0 saturated heterocycles. The molecule has 0 spiro atoms. The van der Waals surface area contributed by atoms with E-state index in [-0.39, 0.29) is 5.82 Å². The van der Waals surface area contributed by atoms with Gasteiger partial charge in [-0.2, -0.15) is 0 Å². The van der Waals surface area contributed by atoms with Crippen LogP contribution in [0.5, 0.6) is 0 Å². The van der Waals surface area contributed by atoms with E-state index in [2.05, 4.69) is 20.9 Å². The zero-order valence-electron chi connectivity index (χ0n) is 10.1. The number of nitrogens with two attached hydrogens (primary N) is 1. The molecular weight excluding hydrogens is 285 g/mol. The Hall–Kier alpha value is -1.10. The lowest BCUT2D eigenvalue weighted by molar-refractivity contribution is 0.458. The summed E-state index contributed by atoms with van der Waals surface area (Å²) in [7, 11) is 0. The van der Waals surface area contributed by atoms with Crippen molar-refractivity contribution in [3.63, 3.8) is 0 Å². The van der Waals surface area contributed by atoms with Crippen LogP contribution in [0.15, 0.2) is 27.7 Å². The molecule has 0 amide bonds. The predicted octanol–water partition coefficient (Wildman–Crippen LogP) is 2.74. The number of hydrogen-bond acceptors (Lipinski definition) is 1. The molecule has 3 nitrogen and oxygen atoms in total. The molecule has 2 N–H and O–H groups in total. The second-order valence-corrected chi connectivity index (χ2v) is 4.45. The molecule has 17 heavy (non-hydrogen) atoms. The smallest absolute Gasteiger partial charge is 0.191 e. The molecule has 0 aliphatic heterocycles. The standard InChI is InChI=1S/C12H17BrFN3/c1-3-17(4-2)12(15)16-8-9-5-6-10(13)11(14)7-9/h5-7H,3-4,8H2,1-2H3,(H2,15,16). The monoisotopic (exact) mass is 301 g/mol. The highest BCUT2D eigenvalue weighted by Crippen LogP contribution is 2.16. The minimum atomic E-state index is -0.279. The van der Waals surface area contributed by atoms with Crippen molar-refractivity contribution < 1.29 is 4.39 Å². The van der Waals surface area contributed by atoms with Gasteiger partial charge in [0.15, 0.2) is 5.96 Å². The number of guanidine groups is 1. The summed E-state index contributed by atoms with van der Waals surface area (Å²) in [6.07, 6.45) is 0. The fourth-order valence-corrected chi connectivity index (χ4v) is 1.70. The van der Waals surface area contributed by atoms with Crippen LogP contribution in [0.4, 0.5) is 4.39 Å². The summed E-state index contributed by atoms with van der Waals surface area (Å²) in [4.78, 5) is 6.20. The summed E-state index contributed by atoms with van der Waals surface area (Å²) >= 11 is 3.11. The van der Waals surface area contributed by atoms with Gasteiger partial charge in [-0.25, -0.2) is 9.38 Å². The topological polar surface area (TPSA) is 41.6 Å². The maximum atomic E-state index is 13.3. The zero-order chi connectivity index (χ0) is 12.8. The molecule has 0 radical (unpaired) electrons. The Morgan fingerprint density at radius 3 is 2.59 bits per heavy atom. The Labute approximate surface area is 110 Å². The van der Waals surface area contributed by atoms with Crippen molar-refractivity contribution in [1.82, 2.24) is 4.90 Å². The molecule has 0 saturated carbocycles. The van der Waals surface area contributed by atoms with Crippen molar-refractivity contribution >= 4 is 21.9 Å². The molecule has 1 aromatic rings. The Kier molecular flexibility index (Phi) is 5.41. The van der Waals surface area contributed by atoms with Gasteiger partial charge < -0.3 is 10.6 Å². The second-order valence-electron chi connectivity index (χ2n) is 3.60. The fourth-order valence-electron chi connectivity index (χ4n) is 1.46. The lowest BCUT2D eigenvalue weighted by atomic mass is 10.2. The summed E-state index contributed by atoms with van der Waals surface area (Å²) in [6, 6.07) is 4.96. The molecule has 94 valence electrons. The minimum absolute atomic E-state index is 0.279. The number of hydrogen-bond donors (Lipinski definition) is 1. The first-order chi connectivity index (χ1) is 8.08. The Morgan fingerprint density at radius 2 is 2.06 bits per heavy atom. The Morgan fingerprint density at radius 1 is 1.41 bits per heavy atom. The summed E-state index contributed by atoms with van der Waals surface area (Å²) in [5.74, 6) is 0.220. The van der Waals surface area contributed by atoms with Gasteiger partial charge in [-0.05, 0) is 47.5 Å². The largest absolute Gasteiger partial charge is 0.370 e. The first kappa shape index (κ1) is 14.0. The van der Waals surface area contributed by atoms with Crippen LogP contribution in [0.3, 0.4) is 0 Å². The van der Waals surface area contributed by atoms with Gasteiger partial charge in [0.05, 0.1) is 11.0 Å². The van der Waals surface area contributed by atoms with Gasteiger partial charge in [0.1, 0.15) is 5.82 Å². The van der Waals surface area contributed by atoms with Crippen LogP contribution in [-0.2, 0) is 6.54 Å². The molecular formula is C12H17BrFN3.